The summed E-state index contributed by atoms with van der Waals surface area (Å²) in [6, 6.07) is 4.00. The monoisotopic (exact) mass is 232 g/mol. The van der Waals surface area contributed by atoms with Gasteiger partial charge in [-0.05, 0) is 18.6 Å². The molecule has 0 bridgehead atoms. The van der Waals surface area contributed by atoms with Gasteiger partial charge in [0.05, 0.1) is 5.69 Å². The molecule has 0 spiro atoms. The molecule has 0 aliphatic heterocycles. The summed E-state index contributed by atoms with van der Waals surface area (Å²) in [4.78, 5) is 8.73. The number of aromatic nitrogens is 2. The van der Waals surface area contributed by atoms with Gasteiger partial charge in [-0.3, -0.25) is 4.98 Å². The van der Waals surface area contributed by atoms with E-state index >= 15 is 0 Å². The van der Waals surface area contributed by atoms with Crippen molar-refractivity contribution >= 4 is 11.3 Å². The molecule has 0 aliphatic carbocycles. The maximum atomic E-state index is 4.71. The van der Waals surface area contributed by atoms with Gasteiger partial charge < -0.3 is 0 Å². The van der Waals surface area contributed by atoms with Crippen LogP contribution >= 0.6 is 11.3 Å². The van der Waals surface area contributed by atoms with E-state index in [9.17, 15) is 0 Å². The molecule has 2 aromatic heterocycles. The fourth-order valence-electron chi connectivity index (χ4n) is 1.39. The molecule has 0 fully saturated rings. The molecule has 2 rings (SSSR count). The van der Waals surface area contributed by atoms with Crippen molar-refractivity contribution in [2.45, 2.75) is 32.6 Å². The smallest absolute Gasteiger partial charge is 0.123 e. The molecule has 0 atom stereocenters. The zero-order chi connectivity index (χ0) is 11.6. The highest BCUT2D eigenvalue weighted by molar-refractivity contribution is 7.13. The van der Waals surface area contributed by atoms with Gasteiger partial charge in [-0.15, -0.1) is 11.3 Å². The molecular formula is C13H16N2S. The van der Waals surface area contributed by atoms with Crippen molar-refractivity contribution < 1.29 is 0 Å². The zero-order valence-corrected chi connectivity index (χ0v) is 10.7. The molecule has 0 aromatic carbocycles. The van der Waals surface area contributed by atoms with E-state index in [2.05, 4.69) is 31.1 Å². The minimum Gasteiger partial charge on any atom is -0.265 e. The summed E-state index contributed by atoms with van der Waals surface area (Å²) >= 11 is 1.71. The van der Waals surface area contributed by atoms with E-state index in [1.807, 2.05) is 12.1 Å². The van der Waals surface area contributed by atoms with Crippen LogP contribution < -0.4 is 0 Å². The SMILES string of the molecule is CCC(C)(C)c1csc(-c2ccncc2)n1. The highest BCUT2D eigenvalue weighted by Crippen LogP contribution is 2.31. The second-order valence-electron chi connectivity index (χ2n) is 4.51. The molecule has 0 unspecified atom stereocenters. The molecule has 16 heavy (non-hydrogen) atoms. The average molecular weight is 232 g/mol. The minimum atomic E-state index is 0.168. The Morgan fingerprint density at radius 1 is 1.25 bits per heavy atom. The van der Waals surface area contributed by atoms with E-state index in [1.165, 1.54) is 5.69 Å². The van der Waals surface area contributed by atoms with Crippen LogP contribution in [0.2, 0.25) is 0 Å². The largest absolute Gasteiger partial charge is 0.265 e. The van der Waals surface area contributed by atoms with Gasteiger partial charge in [-0.1, -0.05) is 20.8 Å². The summed E-state index contributed by atoms with van der Waals surface area (Å²) in [5.41, 5.74) is 2.51. The third-order valence-corrected chi connectivity index (χ3v) is 3.90. The number of thiazole rings is 1. The van der Waals surface area contributed by atoms with Gasteiger partial charge in [0.15, 0.2) is 0 Å². The standard InChI is InChI=1S/C13H16N2S/c1-4-13(2,3)11-9-16-12(15-11)10-5-7-14-8-6-10/h5-9H,4H2,1-3H3. The lowest BCUT2D eigenvalue weighted by Crippen LogP contribution is -2.15. The molecule has 0 aliphatic rings. The van der Waals surface area contributed by atoms with Crippen LogP contribution in [0.4, 0.5) is 0 Å². The lowest BCUT2D eigenvalue weighted by molar-refractivity contribution is 0.493. The van der Waals surface area contributed by atoms with Crippen LogP contribution in [0.3, 0.4) is 0 Å². The van der Waals surface area contributed by atoms with Gasteiger partial charge in [-0.2, -0.15) is 0 Å². The first-order chi connectivity index (χ1) is 7.63. The summed E-state index contributed by atoms with van der Waals surface area (Å²) in [7, 11) is 0. The summed E-state index contributed by atoms with van der Waals surface area (Å²) in [5, 5.41) is 3.25. The second-order valence-corrected chi connectivity index (χ2v) is 5.37. The number of hydrogen-bond donors (Lipinski definition) is 0. The second kappa shape index (κ2) is 4.34. The Bertz CT molecular complexity index is 460. The van der Waals surface area contributed by atoms with Crippen molar-refractivity contribution in [3.05, 3.63) is 35.6 Å². The summed E-state index contributed by atoms with van der Waals surface area (Å²) in [6.45, 7) is 6.67. The first kappa shape index (κ1) is 11.3. The molecule has 0 saturated carbocycles. The number of hydrogen-bond acceptors (Lipinski definition) is 3. The van der Waals surface area contributed by atoms with Crippen molar-refractivity contribution in [3.8, 4) is 10.6 Å². The Kier molecular flexibility index (Phi) is 3.06. The topological polar surface area (TPSA) is 25.8 Å². The molecule has 0 saturated heterocycles. The molecule has 2 heterocycles. The van der Waals surface area contributed by atoms with Gasteiger partial charge in [0.2, 0.25) is 0 Å². The van der Waals surface area contributed by atoms with Gasteiger partial charge >= 0.3 is 0 Å². The van der Waals surface area contributed by atoms with Crippen LogP contribution in [0.1, 0.15) is 32.9 Å². The number of rotatable bonds is 3. The molecule has 2 aromatic rings. The quantitative estimate of drug-likeness (QED) is 0.802. The third kappa shape index (κ3) is 2.14. The van der Waals surface area contributed by atoms with E-state index in [0.29, 0.717) is 0 Å². The normalized spacial score (nSPS) is 11.7. The van der Waals surface area contributed by atoms with Crippen LogP contribution in [0, 0.1) is 0 Å². The van der Waals surface area contributed by atoms with Gasteiger partial charge in [0.1, 0.15) is 5.01 Å². The predicted molar refractivity (Wildman–Crippen MR) is 68.7 cm³/mol. The van der Waals surface area contributed by atoms with Gasteiger partial charge in [0, 0.05) is 28.8 Å². The first-order valence-corrected chi connectivity index (χ1v) is 6.38. The van der Waals surface area contributed by atoms with Crippen molar-refractivity contribution in [1.82, 2.24) is 9.97 Å². The Morgan fingerprint density at radius 3 is 2.56 bits per heavy atom. The number of pyridine rings is 1. The summed E-state index contributed by atoms with van der Waals surface area (Å²) in [6.07, 6.45) is 4.72. The number of nitrogens with zero attached hydrogens (tertiary/aromatic N) is 2. The van der Waals surface area contributed by atoms with Crippen LogP contribution in [-0.2, 0) is 5.41 Å². The molecular weight excluding hydrogens is 216 g/mol. The fraction of sp³-hybridized carbons (Fsp3) is 0.385. The van der Waals surface area contributed by atoms with E-state index in [-0.39, 0.29) is 5.41 Å². The average Bonchev–Trinajstić information content (AvgIpc) is 2.80. The van der Waals surface area contributed by atoms with E-state index in [0.717, 1.165) is 17.0 Å². The van der Waals surface area contributed by atoms with Crippen molar-refractivity contribution in [2.24, 2.45) is 0 Å². The molecule has 0 amide bonds. The first-order valence-electron chi connectivity index (χ1n) is 5.50. The Hall–Kier alpha value is -1.22. The lowest BCUT2D eigenvalue weighted by atomic mass is 9.87. The lowest BCUT2D eigenvalue weighted by Gasteiger charge is -2.19. The Labute approximate surface area is 100 Å². The molecule has 2 nitrogen and oxygen atoms in total. The highest BCUT2D eigenvalue weighted by Gasteiger charge is 2.21. The molecule has 0 radical (unpaired) electrons. The summed E-state index contributed by atoms with van der Waals surface area (Å²) in [5.74, 6) is 0. The molecule has 0 N–H and O–H groups in total. The maximum absolute atomic E-state index is 4.71. The van der Waals surface area contributed by atoms with Crippen molar-refractivity contribution in [1.29, 1.82) is 0 Å². The van der Waals surface area contributed by atoms with Crippen molar-refractivity contribution in [2.75, 3.05) is 0 Å². The fourth-order valence-corrected chi connectivity index (χ4v) is 2.41. The van der Waals surface area contributed by atoms with Crippen LogP contribution in [-0.4, -0.2) is 9.97 Å². The van der Waals surface area contributed by atoms with Crippen LogP contribution in [0.15, 0.2) is 29.9 Å². The van der Waals surface area contributed by atoms with E-state index in [4.69, 9.17) is 4.98 Å². The third-order valence-electron chi connectivity index (χ3n) is 3.01. The van der Waals surface area contributed by atoms with Gasteiger partial charge in [0.25, 0.3) is 0 Å². The van der Waals surface area contributed by atoms with Crippen LogP contribution in [0.25, 0.3) is 10.6 Å². The predicted octanol–water partition coefficient (Wildman–Crippen LogP) is 3.89. The van der Waals surface area contributed by atoms with E-state index in [1.54, 1.807) is 23.7 Å². The summed E-state index contributed by atoms with van der Waals surface area (Å²) < 4.78 is 0. The Balaban J connectivity index is 2.34. The molecule has 3 heteroatoms. The van der Waals surface area contributed by atoms with Gasteiger partial charge in [-0.25, -0.2) is 4.98 Å². The van der Waals surface area contributed by atoms with Crippen LogP contribution in [0.5, 0.6) is 0 Å². The minimum absolute atomic E-state index is 0.168. The van der Waals surface area contributed by atoms with Crippen molar-refractivity contribution in [3.63, 3.8) is 0 Å². The molecule has 84 valence electrons. The Morgan fingerprint density at radius 2 is 1.94 bits per heavy atom. The maximum Gasteiger partial charge on any atom is 0.123 e. The zero-order valence-electron chi connectivity index (χ0n) is 9.90. The van der Waals surface area contributed by atoms with E-state index < -0.39 is 0 Å². The highest BCUT2D eigenvalue weighted by atomic mass is 32.1.